The molecule has 0 fully saturated rings. The van der Waals surface area contributed by atoms with E-state index in [4.69, 9.17) is 0 Å². The van der Waals surface area contributed by atoms with Gasteiger partial charge < -0.3 is 15.3 Å². The second-order valence-corrected chi connectivity index (χ2v) is 6.44. The molecule has 2 N–H and O–H groups in total. The molecule has 0 bridgehead atoms. The number of halogens is 1. The predicted octanol–water partition coefficient (Wildman–Crippen LogP) is 3.79. The van der Waals surface area contributed by atoms with Gasteiger partial charge in [0.15, 0.2) is 0 Å². The number of anilines is 2. The van der Waals surface area contributed by atoms with Crippen LogP contribution in [0.4, 0.5) is 11.4 Å². The Morgan fingerprint density at radius 3 is 2.54 bits per heavy atom. The predicted molar refractivity (Wildman–Crippen MR) is 103 cm³/mol. The molecule has 2 aromatic rings. The normalized spacial score (nSPS) is 10.8. The standard InChI is InChI=1S/C18H16IN3O2/c1-12-9-14(19)3-8-17(12)21-18(24)13(10-20)11-22(2)15-4-6-16(23)7-5-15/h3-9,11,23H,1-2H3,(H,21,24)/b13-11-. The molecule has 122 valence electrons. The van der Waals surface area contributed by atoms with Crippen molar-refractivity contribution >= 4 is 39.9 Å². The monoisotopic (exact) mass is 433 g/mol. The summed E-state index contributed by atoms with van der Waals surface area (Å²) in [5.74, 6) is -0.309. The summed E-state index contributed by atoms with van der Waals surface area (Å²) in [7, 11) is 1.73. The van der Waals surface area contributed by atoms with Crippen molar-refractivity contribution < 1.29 is 9.90 Å². The third-order valence-electron chi connectivity index (χ3n) is 3.38. The molecule has 24 heavy (non-hydrogen) atoms. The number of aromatic hydroxyl groups is 1. The first-order chi connectivity index (χ1) is 11.4. The Kier molecular flexibility index (Phi) is 5.82. The molecule has 0 aliphatic carbocycles. The highest BCUT2D eigenvalue weighted by molar-refractivity contribution is 14.1. The minimum Gasteiger partial charge on any atom is -0.508 e. The Hall–Kier alpha value is -2.53. The van der Waals surface area contributed by atoms with Crippen LogP contribution in [-0.4, -0.2) is 18.1 Å². The summed E-state index contributed by atoms with van der Waals surface area (Å²) in [4.78, 5) is 14.0. The van der Waals surface area contributed by atoms with Gasteiger partial charge in [-0.05, 0) is 77.5 Å². The van der Waals surface area contributed by atoms with Gasteiger partial charge in [-0.1, -0.05) is 0 Å². The maximum absolute atomic E-state index is 12.3. The Morgan fingerprint density at radius 1 is 1.29 bits per heavy atom. The molecule has 0 atom stereocenters. The van der Waals surface area contributed by atoms with Crippen molar-refractivity contribution in [2.75, 3.05) is 17.3 Å². The molecule has 0 heterocycles. The fraction of sp³-hybridized carbons (Fsp3) is 0.111. The van der Waals surface area contributed by atoms with Crippen molar-refractivity contribution in [2.45, 2.75) is 6.92 Å². The first kappa shape index (κ1) is 17.8. The van der Waals surface area contributed by atoms with Crippen LogP contribution in [0.3, 0.4) is 0 Å². The van der Waals surface area contributed by atoms with Crippen LogP contribution in [0.15, 0.2) is 54.2 Å². The van der Waals surface area contributed by atoms with Crippen LogP contribution in [0.25, 0.3) is 0 Å². The molecule has 0 aromatic heterocycles. The fourth-order valence-electron chi connectivity index (χ4n) is 2.05. The van der Waals surface area contributed by atoms with Crippen molar-refractivity contribution in [3.63, 3.8) is 0 Å². The lowest BCUT2D eigenvalue weighted by atomic mass is 10.2. The lowest BCUT2D eigenvalue weighted by Gasteiger charge is -2.15. The number of nitriles is 1. The van der Waals surface area contributed by atoms with Crippen LogP contribution in [0, 0.1) is 21.8 Å². The molecule has 0 saturated heterocycles. The SMILES string of the molecule is Cc1cc(I)ccc1NC(=O)/C(C#N)=C\N(C)c1ccc(O)cc1. The van der Waals surface area contributed by atoms with E-state index < -0.39 is 5.91 Å². The van der Waals surface area contributed by atoms with Crippen molar-refractivity contribution in [3.05, 3.63) is 63.4 Å². The number of nitrogens with one attached hydrogen (secondary N) is 1. The van der Waals surface area contributed by atoms with E-state index in [1.807, 2.05) is 31.2 Å². The van der Waals surface area contributed by atoms with Crippen LogP contribution < -0.4 is 10.2 Å². The lowest BCUT2D eigenvalue weighted by Crippen LogP contribution is -2.18. The number of aryl methyl sites for hydroxylation is 1. The molecule has 0 aliphatic heterocycles. The average molecular weight is 433 g/mol. The molecule has 0 spiro atoms. The minimum atomic E-state index is -0.465. The van der Waals surface area contributed by atoms with Crippen molar-refractivity contribution in [1.82, 2.24) is 0 Å². The van der Waals surface area contributed by atoms with Gasteiger partial charge in [0, 0.05) is 28.2 Å². The number of carbonyl (C=O) groups is 1. The van der Waals surface area contributed by atoms with E-state index in [1.165, 1.54) is 6.20 Å². The fourth-order valence-corrected chi connectivity index (χ4v) is 2.70. The zero-order chi connectivity index (χ0) is 17.7. The highest BCUT2D eigenvalue weighted by Gasteiger charge is 2.12. The van der Waals surface area contributed by atoms with Gasteiger partial charge in [-0.3, -0.25) is 4.79 Å². The second kappa shape index (κ2) is 7.84. The zero-order valence-electron chi connectivity index (χ0n) is 13.2. The van der Waals surface area contributed by atoms with Crippen LogP contribution in [-0.2, 0) is 4.79 Å². The highest BCUT2D eigenvalue weighted by Crippen LogP contribution is 2.20. The molecule has 6 heteroatoms. The molecule has 1 amide bonds. The summed E-state index contributed by atoms with van der Waals surface area (Å²) in [6.07, 6.45) is 1.46. The number of phenols is 1. The van der Waals surface area contributed by atoms with Gasteiger partial charge in [0.05, 0.1) is 0 Å². The van der Waals surface area contributed by atoms with E-state index in [-0.39, 0.29) is 11.3 Å². The first-order valence-corrected chi connectivity index (χ1v) is 8.20. The van der Waals surface area contributed by atoms with Crippen LogP contribution in [0.1, 0.15) is 5.56 Å². The van der Waals surface area contributed by atoms with Gasteiger partial charge in [0.1, 0.15) is 17.4 Å². The van der Waals surface area contributed by atoms with Gasteiger partial charge in [-0.2, -0.15) is 5.26 Å². The third kappa shape index (κ3) is 4.49. The molecule has 0 saturated carbocycles. The number of nitrogens with zero attached hydrogens (tertiary/aromatic N) is 2. The summed E-state index contributed by atoms with van der Waals surface area (Å²) in [5.41, 5.74) is 2.34. The number of phenolic OH excluding ortho intramolecular Hbond substituents is 1. The van der Waals surface area contributed by atoms with Crippen LogP contribution in [0.5, 0.6) is 5.75 Å². The topological polar surface area (TPSA) is 76.4 Å². The molecular formula is C18H16IN3O2. The van der Waals surface area contributed by atoms with Crippen LogP contribution in [0.2, 0.25) is 0 Å². The Bertz CT molecular complexity index is 823. The van der Waals surface area contributed by atoms with E-state index in [0.717, 1.165) is 14.8 Å². The molecule has 0 unspecified atom stereocenters. The van der Waals surface area contributed by atoms with Gasteiger partial charge in [0.2, 0.25) is 0 Å². The number of hydrogen-bond donors (Lipinski definition) is 2. The Morgan fingerprint density at radius 2 is 1.96 bits per heavy atom. The number of hydrogen-bond acceptors (Lipinski definition) is 4. The van der Waals surface area contributed by atoms with E-state index in [9.17, 15) is 15.2 Å². The summed E-state index contributed by atoms with van der Waals surface area (Å²) in [5, 5.41) is 21.3. The molecule has 2 rings (SSSR count). The van der Waals surface area contributed by atoms with Crippen molar-refractivity contribution in [3.8, 4) is 11.8 Å². The average Bonchev–Trinajstić information content (AvgIpc) is 2.55. The smallest absolute Gasteiger partial charge is 0.267 e. The first-order valence-electron chi connectivity index (χ1n) is 7.12. The summed E-state index contributed by atoms with van der Waals surface area (Å²) >= 11 is 2.20. The van der Waals surface area contributed by atoms with Gasteiger partial charge in [-0.15, -0.1) is 0 Å². The van der Waals surface area contributed by atoms with Crippen molar-refractivity contribution in [1.29, 1.82) is 5.26 Å². The molecule has 5 nitrogen and oxygen atoms in total. The Balaban J connectivity index is 2.19. The number of rotatable bonds is 4. The third-order valence-corrected chi connectivity index (χ3v) is 4.05. The van der Waals surface area contributed by atoms with E-state index in [2.05, 4.69) is 27.9 Å². The highest BCUT2D eigenvalue weighted by atomic mass is 127. The molecule has 2 aromatic carbocycles. The van der Waals surface area contributed by atoms with Crippen LogP contribution >= 0.6 is 22.6 Å². The van der Waals surface area contributed by atoms with Gasteiger partial charge >= 0.3 is 0 Å². The van der Waals surface area contributed by atoms with Crippen molar-refractivity contribution in [2.24, 2.45) is 0 Å². The maximum Gasteiger partial charge on any atom is 0.267 e. The maximum atomic E-state index is 12.3. The van der Waals surface area contributed by atoms with E-state index in [1.54, 1.807) is 36.2 Å². The lowest BCUT2D eigenvalue weighted by molar-refractivity contribution is -0.112. The second-order valence-electron chi connectivity index (χ2n) is 5.20. The number of benzene rings is 2. The number of amides is 1. The number of carbonyl (C=O) groups excluding carboxylic acids is 1. The van der Waals surface area contributed by atoms with E-state index >= 15 is 0 Å². The van der Waals surface area contributed by atoms with E-state index in [0.29, 0.717) is 5.69 Å². The Labute approximate surface area is 154 Å². The largest absolute Gasteiger partial charge is 0.508 e. The summed E-state index contributed by atoms with van der Waals surface area (Å²) in [6.45, 7) is 1.90. The summed E-state index contributed by atoms with van der Waals surface area (Å²) < 4.78 is 1.08. The van der Waals surface area contributed by atoms with Gasteiger partial charge in [-0.25, -0.2) is 0 Å². The molecule has 0 radical (unpaired) electrons. The molecular weight excluding hydrogens is 417 g/mol. The van der Waals surface area contributed by atoms with Gasteiger partial charge in [0.25, 0.3) is 5.91 Å². The zero-order valence-corrected chi connectivity index (χ0v) is 15.4. The molecule has 0 aliphatic rings. The summed E-state index contributed by atoms with van der Waals surface area (Å²) in [6, 6.07) is 14.1. The minimum absolute atomic E-state index is 0.0106. The quantitative estimate of drug-likeness (QED) is 0.437.